The van der Waals surface area contributed by atoms with E-state index >= 15 is 0 Å². The van der Waals surface area contributed by atoms with Crippen molar-refractivity contribution in [3.8, 4) is 0 Å². The molecule has 0 bridgehead atoms. The maximum Gasteiger partial charge on any atom is 0.0222 e. The van der Waals surface area contributed by atoms with Gasteiger partial charge in [-0.25, -0.2) is 0 Å². The Labute approximate surface area is 393 Å². The van der Waals surface area contributed by atoms with Gasteiger partial charge in [0.25, 0.3) is 0 Å². The summed E-state index contributed by atoms with van der Waals surface area (Å²) in [6.07, 6.45) is 11.4. The van der Waals surface area contributed by atoms with Crippen LogP contribution in [0.25, 0.3) is 39.8 Å². The molecule has 10 rings (SSSR count). The zero-order valence-corrected chi connectivity index (χ0v) is 43.8. The van der Waals surface area contributed by atoms with Crippen LogP contribution >= 0.6 is 0 Å². The van der Waals surface area contributed by atoms with Crippen molar-refractivity contribution in [1.82, 2.24) is 9.13 Å². The zero-order valence-electron chi connectivity index (χ0n) is 43.8. The van der Waals surface area contributed by atoms with Gasteiger partial charge in [0.15, 0.2) is 0 Å². The van der Waals surface area contributed by atoms with E-state index in [4.69, 9.17) is 0 Å². The lowest BCUT2D eigenvalue weighted by Crippen LogP contribution is -1.96. The fourth-order valence-electron chi connectivity index (χ4n) is 10.7. The molecule has 0 spiro atoms. The van der Waals surface area contributed by atoms with Crippen LogP contribution < -0.4 is 0 Å². The van der Waals surface area contributed by atoms with Crippen LogP contribution in [0, 0.1) is 83.1 Å². The highest BCUT2D eigenvalue weighted by Crippen LogP contribution is 2.41. The standard InChI is InChI=1S/3C13H16.2C12H15N/c1-8-5-10(3)13-11(4)9(2)7-12(13)6-8;1-8-5-6-12-7-9(2)11(4)13(12)10(8)3;1-8-5-6-9(2)13-11(4)10(3)7-12(8)13;1-8-5-9(2)12-10(3)13(4)7-11(12)6-8;1-8-5-6-11-7-13(4)10(3)12(11)9(8)2/h3*5-7,11H,1-4H3;2*5-7H,1-4H3. The van der Waals surface area contributed by atoms with Crippen LogP contribution in [0.2, 0.25) is 0 Å². The van der Waals surface area contributed by atoms with Gasteiger partial charge in [-0.15, -0.1) is 0 Å². The lowest BCUT2D eigenvalue weighted by molar-refractivity contribution is 0.888. The van der Waals surface area contributed by atoms with E-state index in [-0.39, 0.29) is 0 Å². The minimum absolute atomic E-state index is 0.620. The molecule has 0 amide bonds. The Morgan fingerprint density at radius 2 is 0.846 bits per heavy atom. The summed E-state index contributed by atoms with van der Waals surface area (Å²) in [4.78, 5) is 0. The summed E-state index contributed by atoms with van der Waals surface area (Å²) in [5.41, 5.74) is 30.2. The lowest BCUT2D eigenvalue weighted by atomic mass is 9.92. The third kappa shape index (κ3) is 9.84. The van der Waals surface area contributed by atoms with E-state index in [9.17, 15) is 0 Å². The molecule has 2 heterocycles. The molecule has 3 aliphatic rings. The van der Waals surface area contributed by atoms with E-state index in [0.29, 0.717) is 17.8 Å². The first-order valence-electron chi connectivity index (χ1n) is 23.9. The number of aromatic nitrogens is 2. The third-order valence-electron chi connectivity index (χ3n) is 15.3. The summed E-state index contributed by atoms with van der Waals surface area (Å²) in [6, 6.07) is 22.4. The fourth-order valence-corrected chi connectivity index (χ4v) is 10.7. The first-order chi connectivity index (χ1) is 30.5. The highest BCUT2D eigenvalue weighted by molar-refractivity contribution is 5.90. The number of hydrogen-bond donors (Lipinski definition) is 0. The second-order valence-electron chi connectivity index (χ2n) is 20.1. The number of allylic oxidation sites excluding steroid dienone is 3. The van der Waals surface area contributed by atoms with Gasteiger partial charge in [-0.2, -0.15) is 0 Å². The molecule has 0 saturated heterocycles. The number of benzene rings is 5. The van der Waals surface area contributed by atoms with E-state index in [1.54, 1.807) is 0 Å². The molecule has 7 aromatic rings. The Balaban J connectivity index is 0.000000135. The van der Waals surface area contributed by atoms with E-state index in [2.05, 4.69) is 239 Å². The van der Waals surface area contributed by atoms with Crippen molar-refractivity contribution < 1.29 is 0 Å². The first-order valence-corrected chi connectivity index (χ1v) is 23.9. The van der Waals surface area contributed by atoms with Gasteiger partial charge >= 0.3 is 0 Å². The van der Waals surface area contributed by atoms with Gasteiger partial charge in [0.2, 0.25) is 0 Å². The van der Waals surface area contributed by atoms with Crippen molar-refractivity contribution in [2.24, 2.45) is 14.1 Å². The van der Waals surface area contributed by atoms with E-state index in [0.717, 1.165) is 0 Å². The Morgan fingerprint density at radius 3 is 1.49 bits per heavy atom. The van der Waals surface area contributed by atoms with Crippen LogP contribution in [0.3, 0.4) is 0 Å². The number of hydrogen-bond acceptors (Lipinski definition) is 0. The molecule has 0 saturated carbocycles. The number of rotatable bonds is 0. The number of fused-ring (bicyclic) bond motifs is 5. The minimum atomic E-state index is 0.620. The monoisotopic (exact) mass is 863 g/mol. The molecule has 3 atom stereocenters. The highest BCUT2D eigenvalue weighted by Gasteiger charge is 2.23. The van der Waals surface area contributed by atoms with Gasteiger partial charge in [0, 0.05) is 71.8 Å². The summed E-state index contributed by atoms with van der Waals surface area (Å²) >= 11 is 0. The third-order valence-corrected chi connectivity index (χ3v) is 15.3. The summed E-state index contributed by atoms with van der Waals surface area (Å²) < 4.78 is 4.38. The normalized spacial score (nSPS) is 16.4. The SMILES string of the molecule is CC1=Cc2c(C)ccc(C)c2C1C.CC1=Cc2cc(C)cc(C)c2C1C.CC1=Cc2ccc(C)c(C)c2C1C.Cc1cc(C)c2c(C)n(C)cc2c1.Cc1ccc2cn(C)c(C)c2c1C. The van der Waals surface area contributed by atoms with Gasteiger partial charge in [-0.3, -0.25) is 0 Å². The Bertz CT molecular complexity index is 3030. The second-order valence-corrected chi connectivity index (χ2v) is 20.1. The quantitative estimate of drug-likeness (QED) is 0.144. The van der Waals surface area contributed by atoms with Gasteiger partial charge in [-0.05, 0) is 193 Å². The maximum atomic E-state index is 2.34. The van der Waals surface area contributed by atoms with Crippen LogP contribution in [0.5, 0.6) is 0 Å². The molecule has 0 radical (unpaired) electrons. The molecule has 2 heteroatoms. The Hall–Kier alpha value is -5.60. The van der Waals surface area contributed by atoms with Crippen LogP contribution in [0.1, 0.15) is 160 Å². The van der Waals surface area contributed by atoms with Gasteiger partial charge in [0.05, 0.1) is 0 Å². The lowest BCUT2D eigenvalue weighted by Gasteiger charge is -2.13. The number of aryl methyl sites for hydroxylation is 13. The van der Waals surface area contributed by atoms with Crippen molar-refractivity contribution >= 4 is 39.8 Å². The molecule has 5 aromatic carbocycles. The first kappa shape index (κ1) is 48.8. The smallest absolute Gasteiger partial charge is 0.0222 e. The van der Waals surface area contributed by atoms with E-state index < -0.39 is 0 Å². The Morgan fingerprint density at radius 1 is 0.369 bits per heavy atom. The van der Waals surface area contributed by atoms with E-state index in [1.807, 2.05) is 0 Å². The predicted molar refractivity (Wildman–Crippen MR) is 288 cm³/mol. The summed E-state index contributed by atoms with van der Waals surface area (Å²) in [6.45, 7) is 39.8. The van der Waals surface area contributed by atoms with Gasteiger partial charge in [-0.1, -0.05) is 121 Å². The molecule has 3 aliphatic carbocycles. The average Bonchev–Trinajstić information content (AvgIpc) is 3.98. The molecule has 2 aromatic heterocycles. The molecule has 2 nitrogen and oxygen atoms in total. The molecule has 0 aliphatic heterocycles. The summed E-state index contributed by atoms with van der Waals surface area (Å²) in [5, 5.41) is 5.54. The summed E-state index contributed by atoms with van der Waals surface area (Å²) in [7, 11) is 4.20. The van der Waals surface area contributed by atoms with E-state index in [1.165, 1.54) is 139 Å². The topological polar surface area (TPSA) is 9.86 Å². The minimum Gasteiger partial charge on any atom is -0.353 e. The van der Waals surface area contributed by atoms with Crippen LogP contribution in [0.4, 0.5) is 0 Å². The van der Waals surface area contributed by atoms with Crippen LogP contribution in [0.15, 0.2) is 89.8 Å². The Kier molecular flexibility index (Phi) is 14.6. The molecule has 0 N–H and O–H groups in total. The zero-order chi connectivity index (χ0) is 47.9. The van der Waals surface area contributed by atoms with Crippen molar-refractivity contribution in [1.29, 1.82) is 0 Å². The molecule has 3 unspecified atom stereocenters. The predicted octanol–water partition coefficient (Wildman–Crippen LogP) is 17.7. The maximum absolute atomic E-state index is 2.34. The second kappa shape index (κ2) is 19.5. The van der Waals surface area contributed by atoms with Crippen LogP contribution in [-0.4, -0.2) is 9.13 Å². The highest BCUT2D eigenvalue weighted by atomic mass is 14.9. The molecular formula is C63H78N2. The molecule has 340 valence electrons. The average molecular weight is 863 g/mol. The van der Waals surface area contributed by atoms with Crippen molar-refractivity contribution in [3.63, 3.8) is 0 Å². The molecular weight excluding hydrogens is 785 g/mol. The van der Waals surface area contributed by atoms with Crippen molar-refractivity contribution in [2.75, 3.05) is 0 Å². The van der Waals surface area contributed by atoms with Gasteiger partial charge < -0.3 is 9.13 Å². The number of nitrogens with zero attached hydrogens (tertiary/aromatic N) is 2. The van der Waals surface area contributed by atoms with Crippen LogP contribution in [-0.2, 0) is 14.1 Å². The fraction of sp³-hybridized carbons (Fsp3) is 0.365. The van der Waals surface area contributed by atoms with Crippen molar-refractivity contribution in [3.05, 3.63) is 190 Å². The molecule has 65 heavy (non-hydrogen) atoms. The summed E-state index contributed by atoms with van der Waals surface area (Å²) in [5.74, 6) is 1.86. The van der Waals surface area contributed by atoms with Gasteiger partial charge in [0.1, 0.15) is 0 Å². The largest absolute Gasteiger partial charge is 0.353 e. The molecule has 0 fully saturated rings. The van der Waals surface area contributed by atoms with Crippen molar-refractivity contribution in [2.45, 2.75) is 142 Å².